The third-order valence-electron chi connectivity index (χ3n) is 1.23. The van der Waals surface area contributed by atoms with Gasteiger partial charge in [0, 0.05) is 17.9 Å². The van der Waals surface area contributed by atoms with Crippen molar-refractivity contribution in [2.24, 2.45) is 10.3 Å². The van der Waals surface area contributed by atoms with Gasteiger partial charge in [-0.25, -0.2) is 0 Å². The van der Waals surface area contributed by atoms with Gasteiger partial charge in [0.25, 0.3) is 0 Å². The number of thioether (sulfide) groups is 1. The van der Waals surface area contributed by atoms with Crippen LogP contribution in [0.25, 0.3) is 0 Å². The number of oxime groups is 2. The van der Waals surface area contributed by atoms with Crippen LogP contribution in [0.15, 0.2) is 10.3 Å². The van der Waals surface area contributed by atoms with Crippen LogP contribution in [0, 0.1) is 0 Å². The number of nitrogens with zero attached hydrogens (tertiary/aromatic N) is 2. The van der Waals surface area contributed by atoms with Gasteiger partial charge in [0.15, 0.2) is 0 Å². The molecule has 56 valence electrons. The van der Waals surface area contributed by atoms with Crippen LogP contribution in [0.3, 0.4) is 0 Å². The number of hydrogen-bond donors (Lipinski definition) is 2. The van der Waals surface area contributed by atoms with Crippen LogP contribution in [0.2, 0.25) is 0 Å². The lowest BCUT2D eigenvalue weighted by Gasteiger charge is -2.11. The summed E-state index contributed by atoms with van der Waals surface area (Å²) in [5, 5.41) is 22.8. The van der Waals surface area contributed by atoms with Gasteiger partial charge in [0.2, 0.25) is 0 Å². The summed E-state index contributed by atoms with van der Waals surface area (Å²) in [7, 11) is 0. The van der Waals surface area contributed by atoms with Crippen LogP contribution in [0.4, 0.5) is 0 Å². The molecule has 0 aromatic rings. The van der Waals surface area contributed by atoms with Crippen molar-refractivity contribution in [2.75, 3.05) is 11.5 Å². The van der Waals surface area contributed by atoms with Crippen LogP contribution in [-0.2, 0) is 0 Å². The zero-order valence-corrected chi connectivity index (χ0v) is 6.13. The van der Waals surface area contributed by atoms with E-state index in [-0.39, 0.29) is 0 Å². The fourth-order valence-electron chi connectivity index (χ4n) is 0.753. The molecule has 2 N–H and O–H groups in total. The molecule has 4 nitrogen and oxygen atoms in total. The second kappa shape index (κ2) is 3.46. The molecule has 0 unspecified atom stereocenters. The van der Waals surface area contributed by atoms with Crippen molar-refractivity contribution in [3.63, 3.8) is 0 Å². The fourth-order valence-corrected chi connectivity index (χ4v) is 1.65. The third kappa shape index (κ3) is 1.63. The van der Waals surface area contributed by atoms with Crippen molar-refractivity contribution in [3.8, 4) is 0 Å². The molecule has 1 aliphatic rings. The molecule has 0 radical (unpaired) electrons. The standard InChI is InChI=1S/C5H8N2O2S/c8-6-4-1-5(7-9)3-10-2-4/h8-9H,1-3H2. The molecule has 1 fully saturated rings. The van der Waals surface area contributed by atoms with E-state index < -0.39 is 0 Å². The van der Waals surface area contributed by atoms with Crippen molar-refractivity contribution in [2.45, 2.75) is 6.42 Å². The van der Waals surface area contributed by atoms with Gasteiger partial charge in [-0.05, 0) is 0 Å². The van der Waals surface area contributed by atoms with Gasteiger partial charge in [0.1, 0.15) is 0 Å². The van der Waals surface area contributed by atoms with Crippen LogP contribution < -0.4 is 0 Å². The van der Waals surface area contributed by atoms with Crippen molar-refractivity contribution in [1.82, 2.24) is 0 Å². The number of hydrogen-bond acceptors (Lipinski definition) is 5. The normalized spacial score (nSPS) is 27.6. The topological polar surface area (TPSA) is 65.2 Å². The maximum absolute atomic E-state index is 8.34. The molecule has 0 aromatic heterocycles. The van der Waals surface area contributed by atoms with E-state index in [0.717, 1.165) is 11.5 Å². The molecular formula is C5H8N2O2S. The highest BCUT2D eigenvalue weighted by molar-refractivity contribution is 8.00. The average molecular weight is 160 g/mol. The fraction of sp³-hybridized carbons (Fsp3) is 0.600. The molecule has 0 bridgehead atoms. The van der Waals surface area contributed by atoms with Crippen LogP contribution >= 0.6 is 11.8 Å². The zero-order valence-electron chi connectivity index (χ0n) is 5.32. The van der Waals surface area contributed by atoms with Gasteiger partial charge in [0.05, 0.1) is 11.4 Å². The summed E-state index contributed by atoms with van der Waals surface area (Å²) in [4.78, 5) is 0. The van der Waals surface area contributed by atoms with Gasteiger partial charge in [-0.1, -0.05) is 10.3 Å². The lowest BCUT2D eigenvalue weighted by atomic mass is 10.2. The molecule has 0 aromatic carbocycles. The maximum atomic E-state index is 8.34. The molecular weight excluding hydrogens is 152 g/mol. The van der Waals surface area contributed by atoms with E-state index in [4.69, 9.17) is 10.4 Å². The average Bonchev–Trinajstić information content (AvgIpc) is 2.05. The Hall–Kier alpha value is -0.710. The summed E-state index contributed by atoms with van der Waals surface area (Å²) in [5.74, 6) is 1.46. The van der Waals surface area contributed by atoms with E-state index in [2.05, 4.69) is 10.3 Å². The van der Waals surface area contributed by atoms with Gasteiger partial charge in [-0.3, -0.25) is 0 Å². The molecule has 0 atom stereocenters. The lowest BCUT2D eigenvalue weighted by Crippen LogP contribution is -2.19. The van der Waals surface area contributed by atoms with E-state index in [9.17, 15) is 0 Å². The summed E-state index contributed by atoms with van der Waals surface area (Å²) in [6, 6.07) is 0. The third-order valence-corrected chi connectivity index (χ3v) is 2.30. The summed E-state index contributed by atoms with van der Waals surface area (Å²) in [5.41, 5.74) is 1.34. The van der Waals surface area contributed by atoms with Crippen molar-refractivity contribution < 1.29 is 10.4 Å². The molecule has 0 spiro atoms. The van der Waals surface area contributed by atoms with Crippen LogP contribution in [-0.4, -0.2) is 33.3 Å². The van der Waals surface area contributed by atoms with Gasteiger partial charge < -0.3 is 10.4 Å². The molecule has 1 aliphatic heterocycles. The highest BCUT2D eigenvalue weighted by Gasteiger charge is 2.13. The molecule has 1 heterocycles. The minimum Gasteiger partial charge on any atom is -0.411 e. The van der Waals surface area contributed by atoms with Crippen molar-refractivity contribution >= 4 is 23.2 Å². The summed E-state index contributed by atoms with van der Waals surface area (Å²) in [6.07, 6.45) is 0.500. The van der Waals surface area contributed by atoms with E-state index >= 15 is 0 Å². The Morgan fingerprint density at radius 3 is 2.00 bits per heavy atom. The molecule has 1 saturated heterocycles. The second-order valence-corrected chi connectivity index (χ2v) is 2.99. The smallest absolute Gasteiger partial charge is 0.0727 e. The number of rotatable bonds is 0. The minimum atomic E-state index is 0.500. The quantitative estimate of drug-likeness (QED) is 0.406. The maximum Gasteiger partial charge on any atom is 0.0727 e. The predicted molar refractivity (Wildman–Crippen MR) is 40.4 cm³/mol. The van der Waals surface area contributed by atoms with E-state index in [1.165, 1.54) is 0 Å². The Morgan fingerprint density at radius 1 is 1.10 bits per heavy atom. The Morgan fingerprint density at radius 2 is 1.60 bits per heavy atom. The Bertz CT molecular complexity index is 160. The SMILES string of the molecule is ON=C1CSCC(=NO)C1. The van der Waals surface area contributed by atoms with Crippen LogP contribution in [0.1, 0.15) is 6.42 Å². The Balaban J connectivity index is 2.56. The van der Waals surface area contributed by atoms with E-state index in [0.29, 0.717) is 17.8 Å². The molecule has 1 rings (SSSR count). The van der Waals surface area contributed by atoms with Gasteiger partial charge in [-0.2, -0.15) is 0 Å². The van der Waals surface area contributed by atoms with Crippen molar-refractivity contribution in [1.29, 1.82) is 0 Å². The van der Waals surface area contributed by atoms with Crippen molar-refractivity contribution in [3.05, 3.63) is 0 Å². The van der Waals surface area contributed by atoms with E-state index in [1.54, 1.807) is 11.8 Å². The minimum absolute atomic E-state index is 0.500. The molecule has 10 heavy (non-hydrogen) atoms. The molecule has 5 heteroatoms. The zero-order chi connectivity index (χ0) is 7.40. The predicted octanol–water partition coefficient (Wildman–Crippen LogP) is 0.784. The van der Waals surface area contributed by atoms with Gasteiger partial charge >= 0.3 is 0 Å². The van der Waals surface area contributed by atoms with Gasteiger partial charge in [-0.15, -0.1) is 11.8 Å². The Labute approximate surface area is 62.6 Å². The first-order valence-corrected chi connectivity index (χ1v) is 3.99. The summed E-state index contributed by atoms with van der Waals surface area (Å²) >= 11 is 1.58. The summed E-state index contributed by atoms with van der Waals surface area (Å²) < 4.78 is 0. The first-order chi connectivity index (χ1) is 4.86. The van der Waals surface area contributed by atoms with Crippen LogP contribution in [0.5, 0.6) is 0 Å². The molecule has 0 amide bonds. The Kier molecular flexibility index (Phi) is 2.56. The summed E-state index contributed by atoms with van der Waals surface area (Å²) in [6.45, 7) is 0. The lowest BCUT2D eigenvalue weighted by molar-refractivity contribution is 0.315. The molecule has 0 saturated carbocycles. The molecule has 0 aliphatic carbocycles. The highest BCUT2D eigenvalue weighted by Crippen LogP contribution is 2.12. The van der Waals surface area contributed by atoms with E-state index in [1.807, 2.05) is 0 Å². The largest absolute Gasteiger partial charge is 0.411 e. The first kappa shape index (κ1) is 7.40. The second-order valence-electron chi connectivity index (χ2n) is 2.00. The monoisotopic (exact) mass is 160 g/mol. The first-order valence-electron chi connectivity index (χ1n) is 2.84. The highest BCUT2D eigenvalue weighted by atomic mass is 32.2.